The molecule has 0 bridgehead atoms. The Kier molecular flexibility index (Phi) is 3.53. The van der Waals surface area contributed by atoms with Crippen molar-refractivity contribution in [1.29, 1.82) is 5.26 Å². The smallest absolute Gasteiger partial charge is 0.273 e. The van der Waals surface area contributed by atoms with Crippen LogP contribution in [-0.4, -0.2) is 32.5 Å². The standard InChI is InChI=1S/C17H17N5O2/c1-10-12(9-18)6-7-13(19-10)17(23)22-8-2-3-14(22)15-20-16(24-21-15)11-4-5-11/h6-7,11,14H,2-5,8H2,1H3/t14-/m0/s1. The topological polar surface area (TPSA) is 95.9 Å². The second-order valence-electron chi connectivity index (χ2n) is 6.36. The van der Waals surface area contributed by atoms with Crippen molar-refractivity contribution in [2.45, 2.75) is 44.6 Å². The van der Waals surface area contributed by atoms with Crippen molar-refractivity contribution in [1.82, 2.24) is 20.0 Å². The zero-order valence-electron chi connectivity index (χ0n) is 13.4. The Labute approximate surface area is 139 Å². The summed E-state index contributed by atoms with van der Waals surface area (Å²) in [6, 6.07) is 5.15. The Morgan fingerprint density at radius 1 is 1.33 bits per heavy atom. The van der Waals surface area contributed by atoms with Crippen molar-refractivity contribution < 1.29 is 9.32 Å². The number of likely N-dealkylation sites (tertiary alicyclic amines) is 1. The number of rotatable bonds is 3. The molecule has 7 heteroatoms. The largest absolute Gasteiger partial charge is 0.339 e. The van der Waals surface area contributed by atoms with Crippen molar-refractivity contribution in [2.24, 2.45) is 0 Å². The molecule has 1 amide bonds. The fraction of sp³-hybridized carbons (Fsp3) is 0.471. The summed E-state index contributed by atoms with van der Waals surface area (Å²) >= 11 is 0. The molecule has 2 fully saturated rings. The van der Waals surface area contributed by atoms with Gasteiger partial charge in [-0.3, -0.25) is 4.79 Å². The first-order valence-corrected chi connectivity index (χ1v) is 8.19. The molecule has 1 saturated heterocycles. The molecule has 0 radical (unpaired) electrons. The van der Waals surface area contributed by atoms with Crippen LogP contribution in [0.15, 0.2) is 16.7 Å². The van der Waals surface area contributed by atoms with Gasteiger partial charge < -0.3 is 9.42 Å². The van der Waals surface area contributed by atoms with Crippen LogP contribution in [0.4, 0.5) is 0 Å². The van der Waals surface area contributed by atoms with Gasteiger partial charge in [-0.2, -0.15) is 10.2 Å². The number of nitriles is 1. The minimum absolute atomic E-state index is 0.150. The highest BCUT2D eigenvalue weighted by atomic mass is 16.5. The molecule has 1 atom stereocenters. The number of pyridine rings is 1. The van der Waals surface area contributed by atoms with Gasteiger partial charge in [-0.1, -0.05) is 5.16 Å². The van der Waals surface area contributed by atoms with Gasteiger partial charge in [-0.25, -0.2) is 4.98 Å². The van der Waals surface area contributed by atoms with E-state index in [0.717, 1.165) is 25.7 Å². The van der Waals surface area contributed by atoms with Crippen LogP contribution in [0.1, 0.15) is 71.1 Å². The first-order chi connectivity index (χ1) is 11.7. The molecule has 24 heavy (non-hydrogen) atoms. The van der Waals surface area contributed by atoms with E-state index in [1.807, 2.05) is 0 Å². The van der Waals surface area contributed by atoms with Crippen molar-refractivity contribution in [3.8, 4) is 6.07 Å². The lowest BCUT2D eigenvalue weighted by Crippen LogP contribution is -2.31. The van der Waals surface area contributed by atoms with Gasteiger partial charge in [0, 0.05) is 12.5 Å². The monoisotopic (exact) mass is 323 g/mol. The van der Waals surface area contributed by atoms with E-state index in [2.05, 4.69) is 21.2 Å². The Morgan fingerprint density at radius 2 is 2.17 bits per heavy atom. The molecule has 3 heterocycles. The molecule has 4 rings (SSSR count). The predicted octanol–water partition coefficient (Wildman–Crippen LogP) is 2.50. The quantitative estimate of drug-likeness (QED) is 0.861. The molecule has 7 nitrogen and oxygen atoms in total. The normalized spacial score (nSPS) is 20.2. The molecule has 2 aliphatic rings. The Hall–Kier alpha value is -2.75. The third-order valence-electron chi connectivity index (χ3n) is 4.62. The first kappa shape index (κ1) is 14.8. The lowest BCUT2D eigenvalue weighted by molar-refractivity contribution is 0.0722. The van der Waals surface area contributed by atoms with Crippen molar-refractivity contribution in [3.05, 3.63) is 40.8 Å². The lowest BCUT2D eigenvalue weighted by atomic mass is 10.1. The summed E-state index contributed by atoms with van der Waals surface area (Å²) in [5.41, 5.74) is 1.40. The zero-order chi connectivity index (χ0) is 16.7. The molecule has 0 N–H and O–H groups in total. The fourth-order valence-electron chi connectivity index (χ4n) is 3.10. The van der Waals surface area contributed by atoms with Crippen molar-refractivity contribution >= 4 is 5.91 Å². The maximum Gasteiger partial charge on any atom is 0.273 e. The number of hydrogen-bond acceptors (Lipinski definition) is 6. The third kappa shape index (κ3) is 2.54. The Balaban J connectivity index is 1.58. The molecule has 0 aromatic carbocycles. The van der Waals surface area contributed by atoms with Gasteiger partial charge in [0.2, 0.25) is 5.89 Å². The van der Waals surface area contributed by atoms with E-state index in [9.17, 15) is 4.79 Å². The highest BCUT2D eigenvalue weighted by molar-refractivity contribution is 5.92. The zero-order valence-corrected chi connectivity index (χ0v) is 13.4. The number of aromatic nitrogens is 3. The molecular weight excluding hydrogens is 306 g/mol. The summed E-state index contributed by atoms with van der Waals surface area (Å²) in [5.74, 6) is 1.53. The van der Waals surface area contributed by atoms with Gasteiger partial charge in [0.1, 0.15) is 11.8 Å². The maximum atomic E-state index is 12.8. The lowest BCUT2D eigenvalue weighted by Gasteiger charge is -2.21. The molecular formula is C17H17N5O2. The van der Waals surface area contributed by atoms with Crippen LogP contribution >= 0.6 is 0 Å². The highest BCUT2D eigenvalue weighted by Gasteiger charge is 2.36. The van der Waals surface area contributed by atoms with Gasteiger partial charge in [-0.15, -0.1) is 0 Å². The first-order valence-electron chi connectivity index (χ1n) is 8.19. The summed E-state index contributed by atoms with van der Waals surface area (Å²) in [5, 5.41) is 13.1. The van der Waals surface area contributed by atoms with Crippen LogP contribution in [0, 0.1) is 18.3 Å². The summed E-state index contributed by atoms with van der Waals surface area (Å²) in [6.45, 7) is 2.38. The number of nitrogens with zero attached hydrogens (tertiary/aromatic N) is 5. The molecule has 1 aliphatic carbocycles. The summed E-state index contributed by atoms with van der Waals surface area (Å²) in [7, 11) is 0. The number of hydrogen-bond donors (Lipinski definition) is 0. The summed E-state index contributed by atoms with van der Waals surface area (Å²) < 4.78 is 5.33. The fourth-order valence-corrected chi connectivity index (χ4v) is 3.10. The van der Waals surface area contributed by atoms with Crippen LogP contribution in [0.5, 0.6) is 0 Å². The average molecular weight is 323 g/mol. The Bertz CT molecular complexity index is 834. The van der Waals surface area contributed by atoms with Crippen LogP contribution in [-0.2, 0) is 0 Å². The van der Waals surface area contributed by atoms with Crippen molar-refractivity contribution in [2.75, 3.05) is 6.54 Å². The van der Waals surface area contributed by atoms with E-state index in [-0.39, 0.29) is 11.9 Å². The number of aryl methyl sites for hydroxylation is 1. The van der Waals surface area contributed by atoms with Crippen LogP contribution in [0.2, 0.25) is 0 Å². The van der Waals surface area contributed by atoms with Crippen LogP contribution < -0.4 is 0 Å². The van der Waals surface area contributed by atoms with E-state index in [1.54, 1.807) is 24.0 Å². The molecule has 0 spiro atoms. The number of carbonyl (C=O) groups excluding carboxylic acids is 1. The van der Waals surface area contributed by atoms with Gasteiger partial charge in [0.15, 0.2) is 5.82 Å². The average Bonchev–Trinajstić information content (AvgIpc) is 3.12. The maximum absolute atomic E-state index is 12.8. The van der Waals surface area contributed by atoms with Crippen LogP contribution in [0.25, 0.3) is 0 Å². The van der Waals surface area contributed by atoms with E-state index in [4.69, 9.17) is 9.78 Å². The molecule has 2 aromatic rings. The van der Waals surface area contributed by atoms with E-state index >= 15 is 0 Å². The molecule has 2 aromatic heterocycles. The molecule has 1 aliphatic heterocycles. The third-order valence-corrected chi connectivity index (χ3v) is 4.62. The SMILES string of the molecule is Cc1nc(C(=O)N2CCC[C@H]2c2noc(C3CC3)n2)ccc1C#N. The van der Waals surface area contributed by atoms with Gasteiger partial charge in [0.25, 0.3) is 5.91 Å². The highest BCUT2D eigenvalue weighted by Crippen LogP contribution is 2.40. The summed E-state index contributed by atoms with van der Waals surface area (Å²) in [4.78, 5) is 23.4. The molecule has 0 unspecified atom stereocenters. The van der Waals surface area contributed by atoms with Gasteiger partial charge in [0.05, 0.1) is 17.3 Å². The van der Waals surface area contributed by atoms with E-state index < -0.39 is 0 Å². The predicted molar refractivity (Wildman–Crippen MR) is 83.0 cm³/mol. The van der Waals surface area contributed by atoms with E-state index in [1.165, 1.54) is 0 Å². The minimum atomic E-state index is -0.161. The van der Waals surface area contributed by atoms with Crippen LogP contribution in [0.3, 0.4) is 0 Å². The second kappa shape index (κ2) is 5.71. The van der Waals surface area contributed by atoms with E-state index in [0.29, 0.717) is 41.1 Å². The molecule has 1 saturated carbocycles. The Morgan fingerprint density at radius 3 is 2.88 bits per heavy atom. The van der Waals surface area contributed by atoms with Gasteiger partial charge >= 0.3 is 0 Å². The second-order valence-corrected chi connectivity index (χ2v) is 6.36. The molecule has 122 valence electrons. The minimum Gasteiger partial charge on any atom is -0.339 e. The summed E-state index contributed by atoms with van der Waals surface area (Å²) in [6.07, 6.45) is 3.93. The van der Waals surface area contributed by atoms with Crippen molar-refractivity contribution in [3.63, 3.8) is 0 Å². The number of carbonyl (C=O) groups is 1. The number of amides is 1. The van der Waals surface area contributed by atoms with Gasteiger partial charge in [-0.05, 0) is 44.7 Å².